The molecule has 0 aromatic heterocycles. The summed E-state index contributed by atoms with van der Waals surface area (Å²) in [6.45, 7) is 0. The highest BCUT2D eigenvalue weighted by Gasteiger charge is 2.26. The van der Waals surface area contributed by atoms with E-state index < -0.39 is 7.75 Å². The molecule has 0 aromatic rings. The summed E-state index contributed by atoms with van der Waals surface area (Å²) < 4.78 is 21.3. The summed E-state index contributed by atoms with van der Waals surface area (Å²) in [6.07, 6.45) is 5.81. The molecule has 0 heterocycles. The van der Waals surface area contributed by atoms with Gasteiger partial charge in [0.15, 0.2) is 0 Å². The van der Waals surface area contributed by atoms with Crippen molar-refractivity contribution in [2.75, 3.05) is 14.2 Å². The minimum atomic E-state index is -3.00. The summed E-state index contributed by atoms with van der Waals surface area (Å²) in [4.78, 5) is 0. The summed E-state index contributed by atoms with van der Waals surface area (Å²) in [6, 6.07) is 0.291. The molecule has 1 fully saturated rings. The lowest BCUT2D eigenvalue weighted by Gasteiger charge is -2.25. The maximum Gasteiger partial charge on any atom is 0.405 e. The van der Waals surface area contributed by atoms with Crippen molar-refractivity contribution in [2.45, 2.75) is 38.1 Å². The van der Waals surface area contributed by atoms with Gasteiger partial charge < -0.3 is 9.05 Å². The van der Waals surface area contributed by atoms with Crippen LogP contribution in [0, 0.1) is 0 Å². The van der Waals surface area contributed by atoms with Crippen molar-refractivity contribution in [3.63, 3.8) is 0 Å². The second-order valence-electron chi connectivity index (χ2n) is 3.33. The largest absolute Gasteiger partial charge is 0.405 e. The predicted molar refractivity (Wildman–Crippen MR) is 51.6 cm³/mol. The molecule has 1 saturated carbocycles. The zero-order chi connectivity index (χ0) is 9.73. The molecule has 0 atom stereocenters. The zero-order valence-corrected chi connectivity index (χ0v) is 9.18. The minimum Gasteiger partial charge on any atom is -0.300 e. The van der Waals surface area contributed by atoms with Crippen LogP contribution in [-0.4, -0.2) is 20.3 Å². The quantitative estimate of drug-likeness (QED) is 0.718. The van der Waals surface area contributed by atoms with Gasteiger partial charge in [0, 0.05) is 20.3 Å². The highest BCUT2D eigenvalue weighted by molar-refractivity contribution is 7.51. The fourth-order valence-electron chi connectivity index (χ4n) is 1.64. The van der Waals surface area contributed by atoms with E-state index in [1.54, 1.807) is 0 Å². The summed E-state index contributed by atoms with van der Waals surface area (Å²) in [7, 11) is -0.194. The number of nitrogens with one attached hydrogen (secondary N) is 1. The Balaban J connectivity index is 2.40. The Kier molecular flexibility index (Phi) is 4.39. The van der Waals surface area contributed by atoms with Crippen LogP contribution >= 0.6 is 7.75 Å². The standard InChI is InChI=1S/C8H18NO3P/c1-11-13(10,12-2)9-8-6-4-3-5-7-8/h8H,3-7H2,1-2H3,(H,9,10). The van der Waals surface area contributed by atoms with Crippen molar-refractivity contribution in [2.24, 2.45) is 0 Å². The molecule has 0 saturated heterocycles. The van der Waals surface area contributed by atoms with Gasteiger partial charge in [-0.2, -0.15) is 0 Å². The van der Waals surface area contributed by atoms with Gasteiger partial charge in [-0.1, -0.05) is 19.3 Å². The van der Waals surface area contributed by atoms with Gasteiger partial charge in [-0.25, -0.2) is 9.65 Å². The molecule has 1 aliphatic rings. The van der Waals surface area contributed by atoms with E-state index >= 15 is 0 Å². The van der Waals surface area contributed by atoms with E-state index in [-0.39, 0.29) is 0 Å². The molecule has 0 radical (unpaired) electrons. The number of hydrogen-bond donors (Lipinski definition) is 1. The Labute approximate surface area is 79.6 Å². The second kappa shape index (κ2) is 5.11. The van der Waals surface area contributed by atoms with Crippen molar-refractivity contribution in [3.8, 4) is 0 Å². The first-order valence-corrected chi connectivity index (χ1v) is 6.24. The molecular weight excluding hydrogens is 189 g/mol. The van der Waals surface area contributed by atoms with E-state index in [2.05, 4.69) is 5.09 Å². The zero-order valence-electron chi connectivity index (χ0n) is 8.28. The third-order valence-electron chi connectivity index (χ3n) is 2.43. The van der Waals surface area contributed by atoms with E-state index in [0.717, 1.165) is 12.8 Å². The van der Waals surface area contributed by atoms with Crippen LogP contribution in [0.2, 0.25) is 0 Å². The summed E-state index contributed by atoms with van der Waals surface area (Å²) in [5, 5.41) is 2.94. The Bertz CT molecular complexity index is 184. The lowest BCUT2D eigenvalue weighted by molar-refractivity contribution is 0.251. The molecule has 0 unspecified atom stereocenters. The highest BCUT2D eigenvalue weighted by Crippen LogP contribution is 2.43. The van der Waals surface area contributed by atoms with Gasteiger partial charge in [-0.05, 0) is 12.8 Å². The number of rotatable bonds is 4. The fourth-order valence-corrected chi connectivity index (χ4v) is 2.70. The van der Waals surface area contributed by atoms with Crippen molar-refractivity contribution in [3.05, 3.63) is 0 Å². The molecule has 0 spiro atoms. The molecule has 0 bridgehead atoms. The number of hydrogen-bond acceptors (Lipinski definition) is 3. The smallest absolute Gasteiger partial charge is 0.300 e. The third kappa shape index (κ3) is 3.39. The molecular formula is C8H18NO3P. The van der Waals surface area contributed by atoms with Gasteiger partial charge in [0.2, 0.25) is 0 Å². The van der Waals surface area contributed by atoms with Gasteiger partial charge in [-0.3, -0.25) is 0 Å². The van der Waals surface area contributed by atoms with E-state index in [4.69, 9.17) is 9.05 Å². The summed E-state index contributed by atoms with van der Waals surface area (Å²) >= 11 is 0. The first-order valence-electron chi connectivity index (χ1n) is 4.69. The molecule has 0 amide bonds. The van der Waals surface area contributed by atoms with Crippen LogP contribution in [0.5, 0.6) is 0 Å². The fraction of sp³-hybridized carbons (Fsp3) is 1.00. The monoisotopic (exact) mass is 207 g/mol. The maximum atomic E-state index is 11.7. The van der Waals surface area contributed by atoms with Crippen molar-refractivity contribution < 1.29 is 13.6 Å². The predicted octanol–water partition coefficient (Wildman–Crippen LogP) is 2.31. The van der Waals surface area contributed by atoms with Gasteiger partial charge in [0.1, 0.15) is 0 Å². The van der Waals surface area contributed by atoms with Gasteiger partial charge in [0.25, 0.3) is 0 Å². The Morgan fingerprint density at radius 2 is 1.69 bits per heavy atom. The van der Waals surface area contributed by atoms with E-state index in [1.165, 1.54) is 33.5 Å². The van der Waals surface area contributed by atoms with Crippen molar-refractivity contribution >= 4 is 7.75 Å². The average molecular weight is 207 g/mol. The molecule has 4 nitrogen and oxygen atoms in total. The Morgan fingerprint density at radius 1 is 1.15 bits per heavy atom. The van der Waals surface area contributed by atoms with Crippen molar-refractivity contribution in [1.82, 2.24) is 5.09 Å². The van der Waals surface area contributed by atoms with Crippen LogP contribution in [0.3, 0.4) is 0 Å². The summed E-state index contributed by atoms with van der Waals surface area (Å²) in [5.74, 6) is 0. The van der Waals surface area contributed by atoms with Crippen LogP contribution in [0.4, 0.5) is 0 Å². The topological polar surface area (TPSA) is 47.6 Å². The van der Waals surface area contributed by atoms with E-state index in [1.807, 2.05) is 0 Å². The third-order valence-corrected chi connectivity index (χ3v) is 4.07. The molecule has 1 rings (SSSR count). The first-order chi connectivity index (χ1) is 6.20. The molecule has 0 aliphatic heterocycles. The van der Waals surface area contributed by atoms with E-state index in [0.29, 0.717) is 6.04 Å². The van der Waals surface area contributed by atoms with Gasteiger partial charge in [0.05, 0.1) is 0 Å². The Morgan fingerprint density at radius 3 is 2.15 bits per heavy atom. The molecule has 1 N–H and O–H groups in total. The normalized spacial score (nSPS) is 20.5. The summed E-state index contributed by atoms with van der Waals surface area (Å²) in [5.41, 5.74) is 0. The second-order valence-corrected chi connectivity index (χ2v) is 5.31. The first kappa shape index (κ1) is 11.2. The van der Waals surface area contributed by atoms with Crippen LogP contribution in [0.25, 0.3) is 0 Å². The van der Waals surface area contributed by atoms with Crippen LogP contribution < -0.4 is 5.09 Å². The van der Waals surface area contributed by atoms with Gasteiger partial charge >= 0.3 is 7.75 Å². The van der Waals surface area contributed by atoms with Crippen LogP contribution in [0.1, 0.15) is 32.1 Å². The Hall–Kier alpha value is 0.110. The highest BCUT2D eigenvalue weighted by atomic mass is 31.2. The molecule has 5 heteroatoms. The van der Waals surface area contributed by atoms with Crippen molar-refractivity contribution in [1.29, 1.82) is 0 Å². The van der Waals surface area contributed by atoms with Crippen LogP contribution in [0.15, 0.2) is 0 Å². The molecule has 13 heavy (non-hydrogen) atoms. The van der Waals surface area contributed by atoms with E-state index in [9.17, 15) is 4.57 Å². The average Bonchev–Trinajstić information content (AvgIpc) is 2.19. The SMILES string of the molecule is COP(=O)(NC1CCCCC1)OC. The molecule has 1 aliphatic carbocycles. The minimum absolute atomic E-state index is 0.291. The molecule has 78 valence electrons. The lowest BCUT2D eigenvalue weighted by atomic mass is 9.96. The molecule has 0 aromatic carbocycles. The lowest BCUT2D eigenvalue weighted by Crippen LogP contribution is -2.29. The maximum absolute atomic E-state index is 11.7. The van der Waals surface area contributed by atoms with Crippen LogP contribution in [-0.2, 0) is 13.6 Å². The van der Waals surface area contributed by atoms with Gasteiger partial charge in [-0.15, -0.1) is 0 Å².